The van der Waals surface area contributed by atoms with Crippen LogP contribution in [0.1, 0.15) is 19.4 Å². The van der Waals surface area contributed by atoms with Crippen molar-refractivity contribution in [2.75, 3.05) is 7.11 Å². The smallest absolute Gasteiger partial charge is 0.336 e. The van der Waals surface area contributed by atoms with Gasteiger partial charge in [-0.3, -0.25) is 0 Å². The molecule has 6 heteroatoms. The molecular formula is C15H18O6. The Morgan fingerprint density at radius 2 is 2.05 bits per heavy atom. The molecule has 0 saturated heterocycles. The van der Waals surface area contributed by atoms with Crippen molar-refractivity contribution in [3.63, 3.8) is 0 Å². The van der Waals surface area contributed by atoms with Gasteiger partial charge in [-0.2, -0.15) is 0 Å². The molecule has 114 valence electrons. The van der Waals surface area contributed by atoms with Gasteiger partial charge in [0, 0.05) is 23.4 Å². The molecular weight excluding hydrogens is 276 g/mol. The molecule has 1 atom stereocenters. The summed E-state index contributed by atoms with van der Waals surface area (Å²) in [5.74, 6) is -0.0167. The number of aliphatic hydroxyl groups excluding tert-OH is 1. The van der Waals surface area contributed by atoms with Crippen LogP contribution >= 0.6 is 0 Å². The van der Waals surface area contributed by atoms with Crippen molar-refractivity contribution in [2.45, 2.75) is 32.0 Å². The Labute approximate surface area is 121 Å². The molecule has 21 heavy (non-hydrogen) atoms. The molecule has 0 radical (unpaired) electrons. The average molecular weight is 294 g/mol. The van der Waals surface area contributed by atoms with Gasteiger partial charge in [0.15, 0.2) is 11.5 Å². The van der Waals surface area contributed by atoms with Gasteiger partial charge in [0.2, 0.25) is 0 Å². The molecule has 0 aliphatic heterocycles. The van der Waals surface area contributed by atoms with Crippen LogP contribution in [0.3, 0.4) is 0 Å². The fraction of sp³-hybridized carbons (Fsp3) is 0.400. The van der Waals surface area contributed by atoms with E-state index in [0.717, 1.165) is 0 Å². The van der Waals surface area contributed by atoms with Crippen LogP contribution in [0.15, 0.2) is 27.4 Å². The third-order valence-electron chi connectivity index (χ3n) is 3.38. The molecule has 0 fully saturated rings. The van der Waals surface area contributed by atoms with Crippen molar-refractivity contribution in [3.8, 4) is 11.5 Å². The maximum absolute atomic E-state index is 11.4. The van der Waals surface area contributed by atoms with E-state index >= 15 is 0 Å². The standard InChI is InChI=1S/C15H18O6/c1-15(2,19)11(16)7-9-13(18)10(20-3)6-8-4-5-12(17)21-14(8)9/h4-6,11,16,18-19H,7H2,1-3H3/t11-/m1/s1. The van der Waals surface area contributed by atoms with Gasteiger partial charge < -0.3 is 24.5 Å². The van der Waals surface area contributed by atoms with Crippen molar-refractivity contribution < 1.29 is 24.5 Å². The molecule has 1 heterocycles. The fourth-order valence-corrected chi connectivity index (χ4v) is 2.03. The van der Waals surface area contributed by atoms with E-state index in [-0.39, 0.29) is 29.1 Å². The van der Waals surface area contributed by atoms with E-state index in [1.54, 1.807) is 6.07 Å². The minimum Gasteiger partial charge on any atom is -0.504 e. The van der Waals surface area contributed by atoms with Crippen LogP contribution in [-0.4, -0.2) is 34.1 Å². The average Bonchev–Trinajstić information content (AvgIpc) is 2.40. The Morgan fingerprint density at radius 1 is 1.38 bits per heavy atom. The van der Waals surface area contributed by atoms with E-state index in [2.05, 4.69) is 0 Å². The zero-order valence-corrected chi connectivity index (χ0v) is 12.1. The predicted octanol–water partition coefficient (Wildman–Crippen LogP) is 1.18. The predicted molar refractivity (Wildman–Crippen MR) is 76.7 cm³/mol. The molecule has 0 unspecified atom stereocenters. The molecule has 2 rings (SSSR count). The van der Waals surface area contributed by atoms with Gasteiger partial charge in [0.1, 0.15) is 5.58 Å². The number of phenols is 1. The number of hydrogen-bond acceptors (Lipinski definition) is 6. The summed E-state index contributed by atoms with van der Waals surface area (Å²) in [6.45, 7) is 2.90. The molecule has 1 aromatic heterocycles. The Balaban J connectivity index is 2.66. The topological polar surface area (TPSA) is 100 Å². The lowest BCUT2D eigenvalue weighted by molar-refractivity contribution is -0.0470. The number of ether oxygens (including phenoxy) is 1. The molecule has 0 aliphatic rings. The highest BCUT2D eigenvalue weighted by Gasteiger charge is 2.28. The van der Waals surface area contributed by atoms with Crippen molar-refractivity contribution in [2.24, 2.45) is 0 Å². The molecule has 0 aliphatic carbocycles. The van der Waals surface area contributed by atoms with Gasteiger partial charge in [0.25, 0.3) is 0 Å². The summed E-state index contributed by atoms with van der Waals surface area (Å²) < 4.78 is 10.2. The minimum absolute atomic E-state index is 0.0873. The van der Waals surface area contributed by atoms with Gasteiger partial charge in [0.05, 0.1) is 18.8 Å². The molecule has 0 spiro atoms. The second kappa shape index (κ2) is 5.38. The van der Waals surface area contributed by atoms with Crippen molar-refractivity contribution in [3.05, 3.63) is 34.2 Å². The number of phenolic OH excluding ortho intramolecular Hbond substituents is 1. The lowest BCUT2D eigenvalue weighted by Crippen LogP contribution is -2.37. The number of hydrogen-bond donors (Lipinski definition) is 3. The van der Waals surface area contributed by atoms with Crippen LogP contribution in [0.5, 0.6) is 11.5 Å². The van der Waals surface area contributed by atoms with E-state index in [9.17, 15) is 20.1 Å². The summed E-state index contributed by atoms with van der Waals surface area (Å²) >= 11 is 0. The first-order chi connectivity index (χ1) is 9.74. The third-order valence-corrected chi connectivity index (χ3v) is 3.38. The van der Waals surface area contributed by atoms with Crippen molar-refractivity contribution in [1.29, 1.82) is 0 Å². The lowest BCUT2D eigenvalue weighted by Gasteiger charge is -2.25. The highest BCUT2D eigenvalue weighted by atomic mass is 16.5. The summed E-state index contributed by atoms with van der Waals surface area (Å²) in [6.07, 6.45) is -1.24. The van der Waals surface area contributed by atoms with E-state index in [1.165, 1.54) is 33.1 Å². The van der Waals surface area contributed by atoms with Gasteiger partial charge in [-0.05, 0) is 26.0 Å². The van der Waals surface area contributed by atoms with Crippen molar-refractivity contribution >= 4 is 11.0 Å². The van der Waals surface area contributed by atoms with Gasteiger partial charge in [-0.1, -0.05) is 0 Å². The maximum atomic E-state index is 11.4. The van der Waals surface area contributed by atoms with Gasteiger partial charge in [-0.15, -0.1) is 0 Å². The van der Waals surface area contributed by atoms with Crippen LogP contribution < -0.4 is 10.4 Å². The lowest BCUT2D eigenvalue weighted by atomic mass is 9.93. The Bertz CT molecular complexity index is 710. The molecule has 6 nitrogen and oxygen atoms in total. The monoisotopic (exact) mass is 294 g/mol. The van der Waals surface area contributed by atoms with Gasteiger partial charge >= 0.3 is 5.63 Å². The zero-order chi connectivity index (χ0) is 15.8. The summed E-state index contributed by atoms with van der Waals surface area (Å²) in [5.41, 5.74) is -1.54. The summed E-state index contributed by atoms with van der Waals surface area (Å²) in [4.78, 5) is 11.4. The van der Waals surface area contributed by atoms with E-state index < -0.39 is 17.3 Å². The number of benzene rings is 1. The van der Waals surface area contributed by atoms with E-state index in [4.69, 9.17) is 9.15 Å². The maximum Gasteiger partial charge on any atom is 0.336 e. The number of fused-ring (bicyclic) bond motifs is 1. The van der Waals surface area contributed by atoms with Crippen LogP contribution in [0.2, 0.25) is 0 Å². The quantitative estimate of drug-likeness (QED) is 0.732. The first-order valence-electron chi connectivity index (χ1n) is 6.47. The Hall–Kier alpha value is -2.05. The molecule has 2 aromatic rings. The van der Waals surface area contributed by atoms with Crippen molar-refractivity contribution in [1.82, 2.24) is 0 Å². The zero-order valence-electron chi connectivity index (χ0n) is 12.1. The highest BCUT2D eigenvalue weighted by Crippen LogP contribution is 2.37. The number of aromatic hydroxyl groups is 1. The summed E-state index contributed by atoms with van der Waals surface area (Å²) in [5, 5.41) is 30.6. The van der Waals surface area contributed by atoms with Crippen LogP contribution in [0.4, 0.5) is 0 Å². The van der Waals surface area contributed by atoms with Gasteiger partial charge in [-0.25, -0.2) is 4.79 Å². The van der Waals surface area contributed by atoms with Crippen LogP contribution in [0, 0.1) is 0 Å². The Morgan fingerprint density at radius 3 is 2.62 bits per heavy atom. The molecule has 1 aromatic carbocycles. The first-order valence-corrected chi connectivity index (χ1v) is 6.47. The molecule has 0 saturated carbocycles. The minimum atomic E-state index is -1.36. The largest absolute Gasteiger partial charge is 0.504 e. The summed E-state index contributed by atoms with van der Waals surface area (Å²) in [6, 6.07) is 4.34. The van der Waals surface area contributed by atoms with E-state index in [0.29, 0.717) is 5.39 Å². The van der Waals surface area contributed by atoms with E-state index in [1.807, 2.05) is 0 Å². The molecule has 3 N–H and O–H groups in total. The third kappa shape index (κ3) is 3.01. The first kappa shape index (κ1) is 15.3. The number of methoxy groups -OCH3 is 1. The number of aliphatic hydroxyl groups is 2. The Kier molecular flexibility index (Phi) is 3.93. The second-order valence-electron chi connectivity index (χ2n) is 5.45. The van der Waals surface area contributed by atoms with Crippen LogP contribution in [0.25, 0.3) is 11.0 Å². The number of rotatable bonds is 4. The SMILES string of the molecule is COc1cc2ccc(=O)oc2c(C[C@@H](O)C(C)(C)O)c1O. The fourth-order valence-electron chi connectivity index (χ4n) is 2.03. The normalized spacial score (nSPS) is 13.4. The molecule has 0 amide bonds. The summed E-state index contributed by atoms with van der Waals surface area (Å²) in [7, 11) is 1.40. The van der Waals surface area contributed by atoms with Crippen LogP contribution in [-0.2, 0) is 6.42 Å². The highest BCUT2D eigenvalue weighted by molar-refractivity contribution is 5.84. The molecule has 0 bridgehead atoms. The second-order valence-corrected chi connectivity index (χ2v) is 5.45.